The van der Waals surface area contributed by atoms with Gasteiger partial charge in [-0.25, -0.2) is 18.7 Å². The van der Waals surface area contributed by atoms with Crippen LogP contribution in [0.15, 0.2) is 30.6 Å². The van der Waals surface area contributed by atoms with Gasteiger partial charge in [-0.1, -0.05) is 0 Å². The van der Waals surface area contributed by atoms with Crippen molar-refractivity contribution in [2.75, 3.05) is 18.0 Å². The molecule has 1 amide bonds. The summed E-state index contributed by atoms with van der Waals surface area (Å²) in [5, 5.41) is 7.13. The summed E-state index contributed by atoms with van der Waals surface area (Å²) in [4.78, 5) is 25.0. The van der Waals surface area contributed by atoms with Crippen LogP contribution in [0.4, 0.5) is 14.6 Å². The normalized spacial score (nSPS) is 17.6. The number of halogens is 2. The van der Waals surface area contributed by atoms with Crippen molar-refractivity contribution in [1.82, 2.24) is 15.0 Å². The monoisotopic (exact) mass is 374 g/mol. The Morgan fingerprint density at radius 3 is 3.00 bits per heavy atom. The van der Waals surface area contributed by atoms with Crippen LogP contribution in [0.3, 0.4) is 0 Å². The van der Waals surface area contributed by atoms with Crippen LogP contribution in [0.2, 0.25) is 0 Å². The quantitative estimate of drug-likeness (QED) is 0.674. The number of carbonyl (C=O) groups is 1. The third-order valence-corrected chi connectivity index (χ3v) is 4.46. The predicted octanol–water partition coefficient (Wildman–Crippen LogP) is 2.47. The second-order valence-corrected chi connectivity index (χ2v) is 6.36. The zero-order valence-corrected chi connectivity index (χ0v) is 14.5. The van der Waals surface area contributed by atoms with Crippen LogP contribution < -0.4 is 10.6 Å². The molecule has 3 rings (SSSR count). The van der Waals surface area contributed by atoms with Gasteiger partial charge in [0.15, 0.2) is 0 Å². The maximum Gasteiger partial charge on any atom is 0.279 e. The summed E-state index contributed by atoms with van der Waals surface area (Å²) in [5.41, 5.74) is 6.19. The molecule has 9 heteroatoms. The Hall–Kier alpha value is -3.10. The lowest BCUT2D eigenvalue weighted by molar-refractivity contribution is -0.122. The molecule has 27 heavy (non-hydrogen) atoms. The van der Waals surface area contributed by atoms with E-state index in [9.17, 15) is 13.6 Å². The highest BCUT2D eigenvalue weighted by molar-refractivity contribution is 5.97. The number of alkyl halides is 2. The third kappa shape index (κ3) is 4.55. The fourth-order valence-electron chi connectivity index (χ4n) is 2.99. The highest BCUT2D eigenvalue weighted by atomic mass is 19.3. The van der Waals surface area contributed by atoms with Crippen LogP contribution in [-0.4, -0.2) is 46.1 Å². The Morgan fingerprint density at radius 1 is 1.44 bits per heavy atom. The first-order valence-electron chi connectivity index (χ1n) is 8.54. The number of hydrogen-bond acceptors (Lipinski definition) is 5. The van der Waals surface area contributed by atoms with E-state index < -0.39 is 12.1 Å². The number of aromatic amines is 1. The zero-order valence-electron chi connectivity index (χ0n) is 14.5. The Kier molecular flexibility index (Phi) is 5.58. The van der Waals surface area contributed by atoms with Crippen molar-refractivity contribution < 1.29 is 13.6 Å². The molecule has 2 aromatic heterocycles. The molecule has 0 radical (unpaired) electrons. The van der Waals surface area contributed by atoms with Crippen molar-refractivity contribution >= 4 is 23.5 Å². The lowest BCUT2D eigenvalue weighted by Crippen LogP contribution is -2.41. The molecule has 0 aliphatic carbocycles. The minimum Gasteiger partial charge on any atom is -0.369 e. The number of amides is 1. The van der Waals surface area contributed by atoms with E-state index >= 15 is 0 Å². The molecule has 0 bridgehead atoms. The highest BCUT2D eigenvalue weighted by Gasteiger charge is 2.24. The van der Waals surface area contributed by atoms with E-state index in [-0.39, 0.29) is 11.8 Å². The van der Waals surface area contributed by atoms with Gasteiger partial charge in [0.05, 0.1) is 23.5 Å². The molecule has 4 N–H and O–H groups in total. The van der Waals surface area contributed by atoms with Crippen molar-refractivity contribution in [2.24, 2.45) is 11.7 Å². The lowest BCUT2D eigenvalue weighted by atomic mass is 9.97. The van der Waals surface area contributed by atoms with E-state index in [0.29, 0.717) is 18.1 Å². The van der Waals surface area contributed by atoms with Gasteiger partial charge in [0.1, 0.15) is 11.6 Å². The van der Waals surface area contributed by atoms with E-state index in [0.717, 1.165) is 36.8 Å². The van der Waals surface area contributed by atoms with Crippen LogP contribution >= 0.6 is 0 Å². The van der Waals surface area contributed by atoms with Gasteiger partial charge in [-0.15, -0.1) is 0 Å². The minimum atomic E-state index is -2.81. The van der Waals surface area contributed by atoms with Crippen LogP contribution in [0.5, 0.6) is 0 Å². The third-order valence-electron chi connectivity index (χ3n) is 4.46. The number of carbonyl (C=O) groups excluding carboxylic acids is 1. The van der Waals surface area contributed by atoms with Gasteiger partial charge in [-0.05, 0) is 37.1 Å². The summed E-state index contributed by atoms with van der Waals surface area (Å²) in [6.07, 6.45) is 4.45. The van der Waals surface area contributed by atoms with E-state index in [2.05, 4.69) is 15.0 Å². The number of rotatable bonds is 6. The average Bonchev–Trinajstić information content (AvgIpc) is 3.15. The summed E-state index contributed by atoms with van der Waals surface area (Å²) >= 11 is 0. The van der Waals surface area contributed by atoms with Gasteiger partial charge in [0.25, 0.3) is 6.43 Å². The molecule has 142 valence electrons. The van der Waals surface area contributed by atoms with Crippen molar-refractivity contribution in [3.63, 3.8) is 0 Å². The molecule has 0 saturated carbocycles. The summed E-state index contributed by atoms with van der Waals surface area (Å²) in [7, 11) is 0. The van der Waals surface area contributed by atoms with Gasteiger partial charge in [-0.3, -0.25) is 10.2 Å². The molecule has 1 saturated heterocycles. The molecule has 1 unspecified atom stereocenters. The minimum absolute atomic E-state index is 0.182. The van der Waals surface area contributed by atoms with Gasteiger partial charge in [0, 0.05) is 24.8 Å². The molecule has 1 aliphatic rings. The van der Waals surface area contributed by atoms with Gasteiger partial charge in [-0.2, -0.15) is 0 Å². The first kappa shape index (κ1) is 18.7. The topological polar surface area (TPSA) is 112 Å². The predicted molar refractivity (Wildman–Crippen MR) is 98.7 cm³/mol. The summed E-state index contributed by atoms with van der Waals surface area (Å²) < 4.78 is 24.7. The fourth-order valence-corrected chi connectivity index (χ4v) is 2.99. The van der Waals surface area contributed by atoms with Crippen molar-refractivity contribution in [1.29, 1.82) is 5.41 Å². The van der Waals surface area contributed by atoms with Crippen molar-refractivity contribution in [3.8, 4) is 11.3 Å². The van der Waals surface area contributed by atoms with E-state index in [4.69, 9.17) is 11.1 Å². The number of nitrogens with zero attached hydrogens (tertiary/aromatic N) is 3. The molecule has 3 heterocycles. The second-order valence-electron chi connectivity index (χ2n) is 6.36. The average molecular weight is 374 g/mol. The number of nitrogens with two attached hydrogens (primary N) is 1. The summed E-state index contributed by atoms with van der Waals surface area (Å²) in [6.45, 7) is 1.34. The van der Waals surface area contributed by atoms with Crippen LogP contribution in [0.25, 0.3) is 17.3 Å². The number of allylic oxidation sites excluding steroid dienone is 1. The highest BCUT2D eigenvalue weighted by Crippen LogP contribution is 2.25. The summed E-state index contributed by atoms with van der Waals surface area (Å²) in [5.74, 6) is 0.638. The molecular formula is C18H20F2N6O. The Labute approximate surface area is 154 Å². The largest absolute Gasteiger partial charge is 0.369 e. The lowest BCUT2D eigenvalue weighted by Gasteiger charge is -2.32. The van der Waals surface area contributed by atoms with Crippen LogP contribution in [0, 0.1) is 11.3 Å². The van der Waals surface area contributed by atoms with Crippen LogP contribution in [0.1, 0.15) is 18.7 Å². The Morgan fingerprint density at radius 2 is 2.26 bits per heavy atom. The molecular weight excluding hydrogens is 354 g/mol. The van der Waals surface area contributed by atoms with E-state index in [1.165, 1.54) is 6.08 Å². The van der Waals surface area contributed by atoms with Crippen molar-refractivity contribution in [2.45, 2.75) is 19.3 Å². The molecule has 1 aliphatic heterocycles. The standard InChI is InChI=1S/C18H20F2N6O/c19-17(20)13(21)3-4-15-24-9-14(25-15)11-5-6-23-16(8-11)26-7-1-2-12(10-26)18(22)27/h3-6,8-9,12,17,21H,1-2,7,10H2,(H2,22,27)(H,24,25)/b4-3-,21-13?. The number of primary amides is 1. The number of anilines is 1. The Bertz CT molecular complexity index is 863. The molecule has 0 spiro atoms. The molecule has 1 atom stereocenters. The maximum atomic E-state index is 12.4. The number of piperidine rings is 1. The number of nitrogens with one attached hydrogen (secondary N) is 2. The number of H-pyrrole nitrogens is 1. The number of aromatic nitrogens is 3. The smallest absolute Gasteiger partial charge is 0.279 e. The van der Waals surface area contributed by atoms with Crippen molar-refractivity contribution in [3.05, 3.63) is 36.4 Å². The van der Waals surface area contributed by atoms with Gasteiger partial charge < -0.3 is 15.6 Å². The van der Waals surface area contributed by atoms with E-state index in [1.807, 2.05) is 11.0 Å². The first-order chi connectivity index (χ1) is 12.9. The molecule has 7 nitrogen and oxygen atoms in total. The number of imidazole rings is 1. The molecule has 2 aromatic rings. The van der Waals surface area contributed by atoms with Gasteiger partial charge in [0.2, 0.25) is 5.91 Å². The SMILES string of the molecule is N=C(/C=C\c1ncc(-c2ccnc(N3CCCC(C(N)=O)C3)c2)[nH]1)C(F)F. The number of pyridine rings is 1. The fraction of sp³-hybridized carbons (Fsp3) is 0.333. The Balaban J connectivity index is 1.76. The number of hydrogen-bond donors (Lipinski definition) is 3. The summed E-state index contributed by atoms with van der Waals surface area (Å²) in [6, 6.07) is 3.69. The molecule has 1 fully saturated rings. The van der Waals surface area contributed by atoms with Crippen LogP contribution in [-0.2, 0) is 4.79 Å². The zero-order chi connectivity index (χ0) is 19.4. The molecule has 0 aromatic carbocycles. The maximum absolute atomic E-state index is 12.4. The van der Waals surface area contributed by atoms with E-state index in [1.54, 1.807) is 18.5 Å². The van der Waals surface area contributed by atoms with Gasteiger partial charge >= 0.3 is 0 Å². The first-order valence-corrected chi connectivity index (χ1v) is 8.54. The second kappa shape index (κ2) is 8.07.